The lowest BCUT2D eigenvalue weighted by atomic mass is 10.1. The smallest absolute Gasteiger partial charge is 0.333 e. The Balaban J connectivity index is 1.90. The molecule has 17 heavy (non-hydrogen) atoms. The monoisotopic (exact) mass is 247 g/mol. The predicted molar refractivity (Wildman–Crippen MR) is 57.5 cm³/mol. The molecule has 1 fully saturated rings. The molecular weight excluding hydrogens is 231 g/mol. The molecule has 1 N–H and O–H groups in total. The van der Waals surface area contributed by atoms with Crippen molar-refractivity contribution in [3.63, 3.8) is 0 Å². The topological polar surface area (TPSA) is 29.9 Å². The van der Waals surface area contributed by atoms with Crippen molar-refractivity contribution >= 4 is 0 Å². The minimum Gasteiger partial charge on any atom is -0.333 e. The van der Waals surface area contributed by atoms with Crippen LogP contribution in [-0.4, -0.2) is 22.3 Å². The fraction of sp³-hybridized carbons (Fsp3) is 0.727. The third kappa shape index (κ3) is 3.46. The molecule has 1 aliphatic rings. The first-order valence-electron chi connectivity index (χ1n) is 5.86. The van der Waals surface area contributed by atoms with E-state index < -0.39 is 12.6 Å². The van der Waals surface area contributed by atoms with Crippen LogP contribution in [0.4, 0.5) is 13.2 Å². The first-order valence-corrected chi connectivity index (χ1v) is 5.86. The van der Waals surface area contributed by atoms with Crippen molar-refractivity contribution in [3.05, 3.63) is 18.2 Å². The third-order valence-corrected chi connectivity index (χ3v) is 3.02. The molecule has 1 aliphatic heterocycles. The van der Waals surface area contributed by atoms with E-state index in [1.54, 1.807) is 12.5 Å². The Bertz CT molecular complexity index is 353. The fourth-order valence-corrected chi connectivity index (χ4v) is 2.19. The van der Waals surface area contributed by atoms with Gasteiger partial charge in [0.05, 0.1) is 12.0 Å². The second-order valence-electron chi connectivity index (χ2n) is 4.38. The van der Waals surface area contributed by atoms with Gasteiger partial charge in [0.15, 0.2) is 0 Å². The normalized spacial score (nSPS) is 21.0. The van der Waals surface area contributed by atoms with E-state index in [2.05, 4.69) is 10.3 Å². The highest BCUT2D eigenvalue weighted by Gasteiger charge is 2.26. The van der Waals surface area contributed by atoms with E-state index in [1.807, 2.05) is 4.57 Å². The van der Waals surface area contributed by atoms with Gasteiger partial charge in [-0.2, -0.15) is 13.2 Å². The molecule has 0 saturated carbocycles. The summed E-state index contributed by atoms with van der Waals surface area (Å²) in [6.07, 6.45) is 0.820. The Morgan fingerprint density at radius 2 is 2.29 bits per heavy atom. The van der Waals surface area contributed by atoms with Crippen molar-refractivity contribution in [1.82, 2.24) is 14.9 Å². The van der Waals surface area contributed by atoms with Gasteiger partial charge in [-0.3, -0.25) is 0 Å². The summed E-state index contributed by atoms with van der Waals surface area (Å²) < 4.78 is 38.0. The second-order valence-corrected chi connectivity index (χ2v) is 4.38. The van der Waals surface area contributed by atoms with Crippen LogP contribution in [-0.2, 0) is 6.54 Å². The molecule has 96 valence electrons. The van der Waals surface area contributed by atoms with E-state index in [-0.39, 0.29) is 12.5 Å². The summed E-state index contributed by atoms with van der Waals surface area (Å²) in [6, 6.07) is 0.253. The van der Waals surface area contributed by atoms with Crippen LogP contribution in [0.1, 0.15) is 37.4 Å². The zero-order valence-corrected chi connectivity index (χ0v) is 9.50. The number of hydrogen-bond donors (Lipinski definition) is 1. The van der Waals surface area contributed by atoms with Gasteiger partial charge in [-0.1, -0.05) is 0 Å². The van der Waals surface area contributed by atoms with Gasteiger partial charge in [-0.05, 0) is 25.8 Å². The lowest BCUT2D eigenvalue weighted by molar-refractivity contribution is -0.135. The van der Waals surface area contributed by atoms with E-state index in [1.165, 1.54) is 0 Å². The highest BCUT2D eigenvalue weighted by molar-refractivity contribution is 5.07. The molecule has 0 aromatic carbocycles. The highest BCUT2D eigenvalue weighted by atomic mass is 19.4. The van der Waals surface area contributed by atoms with Crippen molar-refractivity contribution in [2.24, 2.45) is 0 Å². The fourth-order valence-electron chi connectivity index (χ4n) is 2.19. The van der Waals surface area contributed by atoms with E-state index >= 15 is 0 Å². The molecule has 0 bridgehead atoms. The number of rotatable bonds is 4. The number of aromatic nitrogens is 2. The highest BCUT2D eigenvalue weighted by Crippen LogP contribution is 2.25. The number of nitrogens with zero attached hydrogens (tertiary/aromatic N) is 2. The Labute approximate surface area is 98.0 Å². The predicted octanol–water partition coefficient (Wildman–Crippen LogP) is 2.65. The Morgan fingerprint density at radius 3 is 2.94 bits per heavy atom. The molecule has 1 aromatic rings. The summed E-state index contributed by atoms with van der Waals surface area (Å²) in [5, 5.41) is 3.32. The Morgan fingerprint density at radius 1 is 1.47 bits per heavy atom. The third-order valence-electron chi connectivity index (χ3n) is 3.02. The average Bonchev–Trinajstić information content (AvgIpc) is 2.82. The molecule has 6 heteroatoms. The van der Waals surface area contributed by atoms with Gasteiger partial charge in [0, 0.05) is 25.2 Å². The van der Waals surface area contributed by atoms with Crippen LogP contribution in [0.2, 0.25) is 0 Å². The number of nitrogens with one attached hydrogen (secondary N) is 1. The summed E-state index contributed by atoms with van der Waals surface area (Å²) >= 11 is 0. The molecule has 1 aromatic heterocycles. The first-order chi connectivity index (χ1) is 8.06. The number of halogens is 3. The number of hydrogen-bond acceptors (Lipinski definition) is 2. The van der Waals surface area contributed by atoms with Gasteiger partial charge in [0.2, 0.25) is 0 Å². The quantitative estimate of drug-likeness (QED) is 0.886. The molecule has 0 amide bonds. The first kappa shape index (κ1) is 12.4. The van der Waals surface area contributed by atoms with Gasteiger partial charge < -0.3 is 9.88 Å². The van der Waals surface area contributed by atoms with E-state index in [9.17, 15) is 13.2 Å². The summed E-state index contributed by atoms with van der Waals surface area (Å²) in [5.74, 6) is 0. The lowest BCUT2D eigenvalue weighted by Crippen LogP contribution is -2.17. The molecule has 1 atom stereocenters. The SMILES string of the molecule is FC(F)(F)CCCn1cncc1[C@@H]1CCCN1. The van der Waals surface area contributed by atoms with Gasteiger partial charge in [-0.15, -0.1) is 0 Å². The Hall–Kier alpha value is -1.04. The average molecular weight is 247 g/mol. The summed E-state index contributed by atoms with van der Waals surface area (Å²) in [4.78, 5) is 4.02. The maximum atomic E-state index is 12.0. The zero-order chi connectivity index (χ0) is 12.3. The molecule has 2 rings (SSSR count). The number of alkyl halides is 3. The maximum absolute atomic E-state index is 12.0. The van der Waals surface area contributed by atoms with Gasteiger partial charge in [0.25, 0.3) is 0 Å². The van der Waals surface area contributed by atoms with Crippen LogP contribution in [0, 0.1) is 0 Å². The molecule has 0 unspecified atom stereocenters. The standard InChI is InChI=1S/C11H16F3N3/c12-11(13,14)4-2-6-17-8-15-7-10(17)9-3-1-5-16-9/h7-9,16H,1-6H2/t9-/m0/s1. The minimum absolute atomic E-state index is 0.111. The molecule has 2 heterocycles. The maximum Gasteiger partial charge on any atom is 0.389 e. The number of imidazole rings is 1. The molecule has 1 saturated heterocycles. The van der Waals surface area contributed by atoms with E-state index in [0.717, 1.165) is 25.1 Å². The molecular formula is C11H16F3N3. The van der Waals surface area contributed by atoms with Gasteiger partial charge in [-0.25, -0.2) is 4.98 Å². The van der Waals surface area contributed by atoms with Crippen LogP contribution < -0.4 is 5.32 Å². The minimum atomic E-state index is -4.06. The second kappa shape index (κ2) is 5.08. The van der Waals surface area contributed by atoms with Crippen LogP contribution in [0.25, 0.3) is 0 Å². The summed E-state index contributed by atoms with van der Waals surface area (Å²) in [7, 11) is 0. The summed E-state index contributed by atoms with van der Waals surface area (Å²) in [5.41, 5.74) is 1.00. The van der Waals surface area contributed by atoms with Crippen LogP contribution in [0.15, 0.2) is 12.5 Å². The molecule has 0 radical (unpaired) electrons. The summed E-state index contributed by atoms with van der Waals surface area (Å²) in [6.45, 7) is 1.35. The van der Waals surface area contributed by atoms with Crippen molar-refractivity contribution in [1.29, 1.82) is 0 Å². The van der Waals surface area contributed by atoms with Crippen molar-refractivity contribution in [2.45, 2.75) is 44.4 Å². The van der Waals surface area contributed by atoms with E-state index in [0.29, 0.717) is 6.54 Å². The molecule has 0 aliphatic carbocycles. The van der Waals surface area contributed by atoms with Crippen LogP contribution in [0.5, 0.6) is 0 Å². The molecule has 3 nitrogen and oxygen atoms in total. The lowest BCUT2D eigenvalue weighted by Gasteiger charge is -2.14. The van der Waals surface area contributed by atoms with Crippen LogP contribution in [0.3, 0.4) is 0 Å². The van der Waals surface area contributed by atoms with Gasteiger partial charge in [0.1, 0.15) is 0 Å². The van der Waals surface area contributed by atoms with Crippen molar-refractivity contribution < 1.29 is 13.2 Å². The zero-order valence-electron chi connectivity index (χ0n) is 9.50. The van der Waals surface area contributed by atoms with E-state index in [4.69, 9.17) is 0 Å². The molecule has 0 spiro atoms. The van der Waals surface area contributed by atoms with Crippen molar-refractivity contribution in [3.8, 4) is 0 Å². The largest absolute Gasteiger partial charge is 0.389 e. The number of aryl methyl sites for hydroxylation is 1. The Kier molecular flexibility index (Phi) is 3.71. The van der Waals surface area contributed by atoms with Gasteiger partial charge >= 0.3 is 6.18 Å². The van der Waals surface area contributed by atoms with Crippen molar-refractivity contribution in [2.75, 3.05) is 6.54 Å². The van der Waals surface area contributed by atoms with Crippen LogP contribution >= 0.6 is 0 Å².